The van der Waals surface area contributed by atoms with E-state index in [9.17, 15) is 10.1 Å². The lowest BCUT2D eigenvalue weighted by molar-refractivity contribution is -0.385. The van der Waals surface area contributed by atoms with E-state index in [1.165, 1.54) is 37.7 Å². The second-order valence-electron chi connectivity index (χ2n) is 5.49. The van der Waals surface area contributed by atoms with Crippen LogP contribution in [0.2, 0.25) is 0 Å². The summed E-state index contributed by atoms with van der Waals surface area (Å²) in [6, 6.07) is 8.06. The maximum Gasteiger partial charge on any atom is 0.322 e. The van der Waals surface area contributed by atoms with Gasteiger partial charge >= 0.3 is 11.7 Å². The number of hydrogen-bond acceptors (Lipinski definition) is 5. The zero-order valence-electron chi connectivity index (χ0n) is 12.1. The molecule has 2 aromatic rings. The molecule has 1 aromatic heterocycles. The zero-order chi connectivity index (χ0) is 15.4. The van der Waals surface area contributed by atoms with Crippen LogP contribution in [0.1, 0.15) is 43.6 Å². The molecule has 3 rings (SSSR count). The van der Waals surface area contributed by atoms with E-state index in [4.69, 9.17) is 4.74 Å². The number of rotatable bonds is 4. The Bertz CT molecular complexity index is 635. The predicted molar refractivity (Wildman–Crippen MR) is 81.0 cm³/mol. The van der Waals surface area contributed by atoms with Crippen molar-refractivity contribution in [2.45, 2.75) is 38.0 Å². The molecule has 0 spiro atoms. The molecule has 0 bridgehead atoms. The lowest BCUT2D eigenvalue weighted by Crippen LogP contribution is -2.04. The van der Waals surface area contributed by atoms with Crippen LogP contribution in [0.4, 0.5) is 5.69 Å². The van der Waals surface area contributed by atoms with E-state index in [2.05, 4.69) is 22.1 Å². The standard InChI is InChI=1S/C16H17N3O3/c20-19(21)14-10-17-16(18-11-14)22-15-8-6-13(7-9-15)12-4-2-1-3-5-12/h6-12H,1-5H2. The molecule has 1 fully saturated rings. The molecule has 1 heterocycles. The van der Waals surface area contributed by atoms with Crippen molar-refractivity contribution >= 4 is 5.69 Å². The molecule has 22 heavy (non-hydrogen) atoms. The summed E-state index contributed by atoms with van der Waals surface area (Å²) >= 11 is 0. The van der Waals surface area contributed by atoms with Crippen LogP contribution < -0.4 is 4.74 Å². The van der Waals surface area contributed by atoms with E-state index in [-0.39, 0.29) is 11.7 Å². The van der Waals surface area contributed by atoms with Crippen LogP contribution in [0.15, 0.2) is 36.7 Å². The summed E-state index contributed by atoms with van der Waals surface area (Å²) in [6.45, 7) is 0. The van der Waals surface area contributed by atoms with Gasteiger partial charge in [-0.25, -0.2) is 0 Å². The maximum atomic E-state index is 10.5. The van der Waals surface area contributed by atoms with Gasteiger partial charge in [-0.3, -0.25) is 10.1 Å². The third-order valence-electron chi connectivity index (χ3n) is 3.99. The second-order valence-corrected chi connectivity index (χ2v) is 5.49. The van der Waals surface area contributed by atoms with Gasteiger partial charge in [0, 0.05) is 0 Å². The monoisotopic (exact) mass is 299 g/mol. The van der Waals surface area contributed by atoms with Crippen LogP contribution in [-0.4, -0.2) is 14.9 Å². The Morgan fingerprint density at radius 1 is 1.05 bits per heavy atom. The van der Waals surface area contributed by atoms with E-state index in [0.29, 0.717) is 11.7 Å². The third kappa shape index (κ3) is 3.39. The van der Waals surface area contributed by atoms with Crippen molar-refractivity contribution in [3.05, 3.63) is 52.3 Å². The molecule has 6 nitrogen and oxygen atoms in total. The Morgan fingerprint density at radius 2 is 1.68 bits per heavy atom. The summed E-state index contributed by atoms with van der Waals surface area (Å²) in [6.07, 6.45) is 8.74. The molecule has 6 heteroatoms. The summed E-state index contributed by atoms with van der Waals surface area (Å²) in [5.74, 6) is 1.28. The largest absolute Gasteiger partial charge is 0.424 e. The predicted octanol–water partition coefficient (Wildman–Crippen LogP) is 4.22. The van der Waals surface area contributed by atoms with Crippen molar-refractivity contribution in [2.75, 3.05) is 0 Å². The Labute approximate surface area is 128 Å². The van der Waals surface area contributed by atoms with Crippen LogP contribution in [0.25, 0.3) is 0 Å². The van der Waals surface area contributed by atoms with E-state index < -0.39 is 4.92 Å². The van der Waals surface area contributed by atoms with E-state index in [1.54, 1.807) is 0 Å². The van der Waals surface area contributed by atoms with Crippen LogP contribution in [-0.2, 0) is 0 Å². The molecule has 0 atom stereocenters. The van der Waals surface area contributed by atoms with Gasteiger partial charge in [0.2, 0.25) is 0 Å². The van der Waals surface area contributed by atoms with Crippen molar-refractivity contribution in [2.24, 2.45) is 0 Å². The molecule has 114 valence electrons. The number of nitrogens with zero attached hydrogens (tertiary/aromatic N) is 3. The number of ether oxygens (including phenoxy) is 1. The Morgan fingerprint density at radius 3 is 2.27 bits per heavy atom. The summed E-state index contributed by atoms with van der Waals surface area (Å²) in [7, 11) is 0. The van der Waals surface area contributed by atoms with Gasteiger partial charge in [0.05, 0.1) is 4.92 Å². The fourth-order valence-corrected chi connectivity index (χ4v) is 2.81. The molecule has 0 amide bonds. The molecule has 0 unspecified atom stereocenters. The van der Waals surface area contributed by atoms with Gasteiger partial charge in [0.15, 0.2) is 0 Å². The molecule has 0 aliphatic heterocycles. The van der Waals surface area contributed by atoms with Crippen molar-refractivity contribution in [3.8, 4) is 11.8 Å². The second kappa shape index (κ2) is 6.51. The molecular formula is C16H17N3O3. The fourth-order valence-electron chi connectivity index (χ4n) is 2.81. The Kier molecular flexibility index (Phi) is 4.27. The summed E-state index contributed by atoms with van der Waals surface area (Å²) in [5, 5.41) is 10.5. The van der Waals surface area contributed by atoms with Crippen molar-refractivity contribution < 1.29 is 9.66 Å². The Balaban J connectivity index is 1.66. The SMILES string of the molecule is O=[N+]([O-])c1cnc(Oc2ccc(C3CCCCC3)cc2)nc1. The molecule has 1 aliphatic carbocycles. The molecule has 0 radical (unpaired) electrons. The molecule has 1 saturated carbocycles. The van der Waals surface area contributed by atoms with E-state index in [0.717, 1.165) is 12.4 Å². The number of benzene rings is 1. The first-order valence-corrected chi connectivity index (χ1v) is 7.46. The number of nitro groups is 1. The highest BCUT2D eigenvalue weighted by Gasteiger charge is 2.15. The third-order valence-corrected chi connectivity index (χ3v) is 3.99. The van der Waals surface area contributed by atoms with Gasteiger partial charge in [-0.15, -0.1) is 0 Å². The summed E-state index contributed by atoms with van der Waals surface area (Å²) in [5.41, 5.74) is 1.19. The minimum Gasteiger partial charge on any atom is -0.424 e. The fraction of sp³-hybridized carbons (Fsp3) is 0.375. The van der Waals surface area contributed by atoms with E-state index >= 15 is 0 Å². The van der Waals surface area contributed by atoms with Crippen LogP contribution >= 0.6 is 0 Å². The minimum atomic E-state index is -0.539. The number of hydrogen-bond donors (Lipinski definition) is 0. The first-order chi connectivity index (χ1) is 10.7. The Hall–Kier alpha value is -2.50. The quantitative estimate of drug-likeness (QED) is 0.623. The van der Waals surface area contributed by atoms with E-state index in [1.807, 2.05) is 12.1 Å². The summed E-state index contributed by atoms with van der Waals surface area (Å²) < 4.78 is 5.51. The topological polar surface area (TPSA) is 78.2 Å². The van der Waals surface area contributed by atoms with Crippen molar-refractivity contribution in [1.29, 1.82) is 0 Å². The van der Waals surface area contributed by atoms with Gasteiger partial charge in [0.25, 0.3) is 0 Å². The molecule has 1 aliphatic rings. The minimum absolute atomic E-state index is 0.107. The van der Waals surface area contributed by atoms with Gasteiger partial charge in [-0.1, -0.05) is 31.4 Å². The van der Waals surface area contributed by atoms with Gasteiger partial charge in [-0.05, 0) is 36.5 Å². The number of aromatic nitrogens is 2. The highest BCUT2D eigenvalue weighted by Crippen LogP contribution is 2.33. The highest BCUT2D eigenvalue weighted by atomic mass is 16.6. The first kappa shape index (κ1) is 14.4. The molecular weight excluding hydrogens is 282 g/mol. The lowest BCUT2D eigenvalue weighted by Gasteiger charge is -2.21. The van der Waals surface area contributed by atoms with Crippen LogP contribution in [0.3, 0.4) is 0 Å². The highest BCUT2D eigenvalue weighted by molar-refractivity contribution is 5.32. The average molecular weight is 299 g/mol. The molecule has 0 N–H and O–H groups in total. The maximum absolute atomic E-state index is 10.5. The van der Waals surface area contributed by atoms with Gasteiger partial charge < -0.3 is 4.74 Å². The van der Waals surface area contributed by atoms with Crippen LogP contribution in [0.5, 0.6) is 11.8 Å². The zero-order valence-corrected chi connectivity index (χ0v) is 12.1. The lowest BCUT2D eigenvalue weighted by atomic mass is 9.84. The average Bonchev–Trinajstić information content (AvgIpc) is 2.57. The van der Waals surface area contributed by atoms with Crippen LogP contribution in [0, 0.1) is 10.1 Å². The normalized spacial score (nSPS) is 15.5. The van der Waals surface area contributed by atoms with Gasteiger partial charge in [-0.2, -0.15) is 9.97 Å². The summed E-state index contributed by atoms with van der Waals surface area (Å²) in [4.78, 5) is 17.7. The smallest absolute Gasteiger partial charge is 0.322 e. The molecule has 0 saturated heterocycles. The molecule has 1 aromatic carbocycles. The first-order valence-electron chi connectivity index (χ1n) is 7.46. The van der Waals surface area contributed by atoms with Crippen molar-refractivity contribution in [1.82, 2.24) is 9.97 Å². The van der Waals surface area contributed by atoms with Crippen molar-refractivity contribution in [3.63, 3.8) is 0 Å². The van der Waals surface area contributed by atoms with Gasteiger partial charge in [0.1, 0.15) is 18.1 Å².